The van der Waals surface area contributed by atoms with Crippen LogP contribution in [0.4, 0.5) is 0 Å². The first-order valence-electron chi connectivity index (χ1n) is 4.27. The third kappa shape index (κ3) is 4.37. The molecule has 1 aliphatic rings. The number of halogens is 1. The Morgan fingerprint density at radius 2 is 2.08 bits per heavy atom. The Bertz CT molecular complexity index is 146. The molecule has 1 rings (SSSR count). The van der Waals surface area contributed by atoms with Gasteiger partial charge in [-0.05, 0) is 35.6 Å². The zero-order valence-electron chi connectivity index (χ0n) is 7.09. The molecule has 0 bridgehead atoms. The van der Waals surface area contributed by atoms with Gasteiger partial charge in [-0.1, -0.05) is 0 Å². The zero-order chi connectivity index (χ0) is 8.81. The van der Waals surface area contributed by atoms with Gasteiger partial charge in [0.05, 0.1) is 13.2 Å². The Labute approximate surface area is 86.6 Å². The van der Waals surface area contributed by atoms with Gasteiger partial charge in [-0.3, -0.25) is 9.69 Å². The van der Waals surface area contributed by atoms with E-state index in [1.165, 1.54) is 0 Å². The topological polar surface area (TPSA) is 29.5 Å². The molecule has 0 N–H and O–H groups in total. The summed E-state index contributed by atoms with van der Waals surface area (Å²) in [5.41, 5.74) is 0. The van der Waals surface area contributed by atoms with Crippen LogP contribution >= 0.6 is 22.6 Å². The Morgan fingerprint density at radius 1 is 1.42 bits per heavy atom. The number of hydrogen-bond acceptors (Lipinski definition) is 3. The van der Waals surface area contributed by atoms with E-state index in [2.05, 4.69) is 4.90 Å². The van der Waals surface area contributed by atoms with E-state index in [9.17, 15) is 4.79 Å². The van der Waals surface area contributed by atoms with Gasteiger partial charge in [0.2, 0.25) is 0 Å². The van der Waals surface area contributed by atoms with Crippen molar-refractivity contribution >= 4 is 26.4 Å². The van der Waals surface area contributed by atoms with Crippen molar-refractivity contribution in [2.24, 2.45) is 0 Å². The summed E-state index contributed by atoms with van der Waals surface area (Å²) >= 11 is 1.85. The molecule has 12 heavy (non-hydrogen) atoms. The van der Waals surface area contributed by atoms with Gasteiger partial charge in [-0.15, -0.1) is 0 Å². The summed E-state index contributed by atoms with van der Waals surface area (Å²) in [6, 6.07) is 0. The van der Waals surface area contributed by atoms with E-state index >= 15 is 0 Å². The highest BCUT2D eigenvalue weighted by atomic mass is 127. The van der Waals surface area contributed by atoms with E-state index in [0.29, 0.717) is 6.42 Å². The largest absolute Gasteiger partial charge is 0.379 e. The third-order valence-corrected chi connectivity index (χ3v) is 2.49. The molecule has 1 heterocycles. The molecule has 3 nitrogen and oxygen atoms in total. The van der Waals surface area contributed by atoms with Crippen LogP contribution in [-0.4, -0.2) is 41.5 Å². The van der Waals surface area contributed by atoms with Crippen LogP contribution < -0.4 is 0 Å². The predicted octanol–water partition coefficient (Wildman–Crippen LogP) is 1.06. The maximum atomic E-state index is 10.6. The predicted molar refractivity (Wildman–Crippen MR) is 55.5 cm³/mol. The number of carbonyl (C=O) groups excluding carboxylic acids is 1. The summed E-state index contributed by atoms with van der Waals surface area (Å²) in [7, 11) is 0. The van der Waals surface area contributed by atoms with E-state index < -0.39 is 0 Å². The minimum Gasteiger partial charge on any atom is -0.379 e. The molecule has 1 fully saturated rings. The van der Waals surface area contributed by atoms with E-state index in [1.54, 1.807) is 0 Å². The van der Waals surface area contributed by atoms with Crippen LogP contribution in [0.2, 0.25) is 0 Å². The highest BCUT2D eigenvalue weighted by Crippen LogP contribution is 2.02. The highest BCUT2D eigenvalue weighted by Gasteiger charge is 2.09. The number of morpholine rings is 1. The molecule has 0 unspecified atom stereocenters. The standard InChI is InChI=1S/C8H14INO2/c9-8(11)2-1-3-10-4-6-12-7-5-10/h1-7H2. The van der Waals surface area contributed by atoms with Gasteiger partial charge < -0.3 is 4.74 Å². The quantitative estimate of drug-likeness (QED) is 0.571. The number of rotatable bonds is 4. The summed E-state index contributed by atoms with van der Waals surface area (Å²) in [6.07, 6.45) is 1.69. The maximum Gasteiger partial charge on any atom is 0.192 e. The van der Waals surface area contributed by atoms with Gasteiger partial charge >= 0.3 is 0 Å². The molecule has 70 valence electrons. The molecule has 0 saturated carbocycles. The van der Waals surface area contributed by atoms with Gasteiger partial charge in [0.25, 0.3) is 0 Å². The van der Waals surface area contributed by atoms with Gasteiger partial charge in [-0.2, -0.15) is 0 Å². The van der Waals surface area contributed by atoms with Crippen molar-refractivity contribution < 1.29 is 9.53 Å². The van der Waals surface area contributed by atoms with Crippen molar-refractivity contribution in [3.63, 3.8) is 0 Å². The average Bonchev–Trinajstić information content (AvgIpc) is 2.05. The maximum absolute atomic E-state index is 10.6. The lowest BCUT2D eigenvalue weighted by Crippen LogP contribution is -2.36. The smallest absolute Gasteiger partial charge is 0.192 e. The first kappa shape index (κ1) is 10.4. The molecular weight excluding hydrogens is 269 g/mol. The van der Waals surface area contributed by atoms with Crippen molar-refractivity contribution in [1.82, 2.24) is 4.90 Å². The van der Waals surface area contributed by atoms with Crippen molar-refractivity contribution in [1.29, 1.82) is 0 Å². The van der Waals surface area contributed by atoms with E-state index in [4.69, 9.17) is 4.74 Å². The van der Waals surface area contributed by atoms with Crippen LogP contribution in [0.5, 0.6) is 0 Å². The number of hydrogen-bond donors (Lipinski definition) is 0. The lowest BCUT2D eigenvalue weighted by Gasteiger charge is -2.26. The van der Waals surface area contributed by atoms with Crippen LogP contribution in [0.25, 0.3) is 0 Å². The molecule has 0 atom stereocenters. The first-order valence-corrected chi connectivity index (χ1v) is 5.35. The molecule has 0 aromatic rings. The molecule has 0 amide bonds. The Balaban J connectivity index is 2.01. The van der Waals surface area contributed by atoms with Gasteiger partial charge in [0.1, 0.15) is 0 Å². The molecule has 0 radical (unpaired) electrons. The van der Waals surface area contributed by atoms with Crippen LogP contribution in [0, 0.1) is 0 Å². The Hall–Kier alpha value is 0.320. The lowest BCUT2D eigenvalue weighted by molar-refractivity contribution is -0.109. The molecule has 0 aromatic carbocycles. The fourth-order valence-corrected chi connectivity index (χ4v) is 1.65. The monoisotopic (exact) mass is 283 g/mol. The van der Waals surface area contributed by atoms with Crippen molar-refractivity contribution in [2.45, 2.75) is 12.8 Å². The van der Waals surface area contributed by atoms with Crippen molar-refractivity contribution in [3.05, 3.63) is 0 Å². The Morgan fingerprint density at radius 3 is 2.67 bits per heavy atom. The van der Waals surface area contributed by atoms with Crippen molar-refractivity contribution in [3.8, 4) is 0 Å². The van der Waals surface area contributed by atoms with Crippen molar-refractivity contribution in [2.75, 3.05) is 32.8 Å². The summed E-state index contributed by atoms with van der Waals surface area (Å²) in [5, 5.41) is 0. The number of nitrogens with zero attached hydrogens (tertiary/aromatic N) is 1. The molecule has 1 saturated heterocycles. The molecule has 0 spiro atoms. The second kappa shape index (κ2) is 5.88. The van der Waals surface area contributed by atoms with E-state index in [1.807, 2.05) is 22.6 Å². The van der Waals surface area contributed by atoms with Crippen LogP contribution in [0.15, 0.2) is 0 Å². The molecule has 0 aromatic heterocycles. The zero-order valence-corrected chi connectivity index (χ0v) is 9.25. The summed E-state index contributed by atoms with van der Waals surface area (Å²) in [6.45, 7) is 4.78. The minimum absolute atomic E-state index is 0.265. The highest BCUT2D eigenvalue weighted by molar-refractivity contribution is 14.1. The summed E-state index contributed by atoms with van der Waals surface area (Å²) in [4.78, 5) is 13.0. The van der Waals surface area contributed by atoms with E-state index in [-0.39, 0.29) is 3.79 Å². The molecule has 4 heteroatoms. The third-order valence-electron chi connectivity index (χ3n) is 1.95. The summed E-state index contributed by atoms with van der Waals surface area (Å²) in [5.74, 6) is 0. The molecular formula is C8H14INO2. The fraction of sp³-hybridized carbons (Fsp3) is 0.875. The van der Waals surface area contributed by atoms with Crippen LogP contribution in [-0.2, 0) is 9.53 Å². The molecule has 0 aliphatic carbocycles. The fourth-order valence-electron chi connectivity index (χ4n) is 1.27. The minimum atomic E-state index is 0.265. The summed E-state index contributed by atoms with van der Waals surface area (Å²) < 4.78 is 5.48. The van der Waals surface area contributed by atoms with E-state index in [0.717, 1.165) is 39.3 Å². The Kier molecular flexibility index (Phi) is 5.10. The second-order valence-corrected chi connectivity index (χ2v) is 4.12. The first-order chi connectivity index (χ1) is 5.79. The normalized spacial score (nSPS) is 19.4. The number of carbonyl (C=O) groups is 1. The second-order valence-electron chi connectivity index (χ2n) is 2.91. The SMILES string of the molecule is O=C(I)CCCN1CCOCC1. The average molecular weight is 283 g/mol. The lowest BCUT2D eigenvalue weighted by atomic mass is 10.3. The van der Waals surface area contributed by atoms with Crippen LogP contribution in [0.1, 0.15) is 12.8 Å². The number of ether oxygens (including phenoxy) is 1. The molecule has 1 aliphatic heterocycles. The van der Waals surface area contributed by atoms with Gasteiger partial charge in [-0.25, -0.2) is 0 Å². The van der Waals surface area contributed by atoms with Gasteiger partial charge in [0, 0.05) is 19.5 Å². The van der Waals surface area contributed by atoms with Gasteiger partial charge in [0.15, 0.2) is 3.79 Å². The van der Waals surface area contributed by atoms with Crippen LogP contribution in [0.3, 0.4) is 0 Å².